The molecule has 7 nitrogen and oxygen atoms in total. The van der Waals surface area contributed by atoms with Gasteiger partial charge in [0.1, 0.15) is 11.6 Å². The average Bonchev–Trinajstić information content (AvgIpc) is 3.17. The minimum atomic E-state index is -0.873. The van der Waals surface area contributed by atoms with Gasteiger partial charge < -0.3 is 19.2 Å². The summed E-state index contributed by atoms with van der Waals surface area (Å²) in [6.07, 6.45) is 1.78. The van der Waals surface area contributed by atoms with Gasteiger partial charge in [-0.15, -0.1) is 0 Å². The fourth-order valence-corrected chi connectivity index (χ4v) is 3.30. The molecule has 0 fully saturated rings. The van der Waals surface area contributed by atoms with Crippen LogP contribution in [-0.2, 0) is 36.7 Å². The first-order chi connectivity index (χ1) is 14.9. The molecule has 0 saturated heterocycles. The predicted molar refractivity (Wildman–Crippen MR) is 114 cm³/mol. The molecule has 3 rings (SSSR count). The summed E-state index contributed by atoms with van der Waals surface area (Å²) in [6, 6.07) is 12.2. The van der Waals surface area contributed by atoms with Crippen LogP contribution in [0, 0.1) is 13.8 Å². The number of carbonyl (C=O) groups excluding carboxylic acids is 3. The number of ether oxygens (including phenoxy) is 2. The molecule has 1 aromatic heterocycles. The molecular weight excluding hydrogens is 398 g/mol. The highest BCUT2D eigenvalue weighted by Gasteiger charge is 2.23. The third-order valence-corrected chi connectivity index (χ3v) is 5.14. The van der Waals surface area contributed by atoms with Gasteiger partial charge in [-0.25, -0.2) is 4.79 Å². The number of amides is 1. The van der Waals surface area contributed by atoms with Crippen molar-refractivity contribution >= 4 is 28.8 Å². The van der Waals surface area contributed by atoms with E-state index in [2.05, 4.69) is 5.32 Å². The number of furan rings is 1. The van der Waals surface area contributed by atoms with Crippen LogP contribution in [0.25, 0.3) is 11.0 Å². The number of benzene rings is 2. The first-order valence-corrected chi connectivity index (χ1v) is 9.92. The summed E-state index contributed by atoms with van der Waals surface area (Å²) in [5.74, 6) is -1.71. The molecule has 0 unspecified atom stereocenters. The minimum Gasteiger partial charge on any atom is -0.467 e. The summed E-state index contributed by atoms with van der Waals surface area (Å²) >= 11 is 0. The molecule has 162 valence electrons. The number of aryl methyl sites for hydroxylation is 2. The highest BCUT2D eigenvalue weighted by Crippen LogP contribution is 2.26. The molecule has 0 radical (unpaired) electrons. The van der Waals surface area contributed by atoms with Crippen LogP contribution in [-0.4, -0.2) is 37.6 Å². The van der Waals surface area contributed by atoms with Gasteiger partial charge >= 0.3 is 11.9 Å². The molecule has 1 amide bonds. The smallest absolute Gasteiger partial charge is 0.328 e. The Morgan fingerprint density at radius 3 is 2.52 bits per heavy atom. The van der Waals surface area contributed by atoms with Crippen molar-refractivity contribution in [3.63, 3.8) is 0 Å². The number of methoxy groups -OCH3 is 1. The molecular formula is C24H25NO6. The number of esters is 2. The first kappa shape index (κ1) is 22.1. The van der Waals surface area contributed by atoms with E-state index in [1.54, 1.807) is 0 Å². The van der Waals surface area contributed by atoms with Crippen LogP contribution in [0.4, 0.5) is 0 Å². The molecule has 0 aliphatic carbocycles. The van der Waals surface area contributed by atoms with Gasteiger partial charge in [0.25, 0.3) is 5.91 Å². The molecule has 7 heteroatoms. The Bertz CT molecular complexity index is 1090. The Morgan fingerprint density at radius 2 is 1.81 bits per heavy atom. The number of fused-ring (bicyclic) bond motifs is 1. The Hall–Kier alpha value is -3.61. The number of rotatable bonds is 8. The Morgan fingerprint density at radius 1 is 1.06 bits per heavy atom. The van der Waals surface area contributed by atoms with Gasteiger partial charge in [0.15, 0.2) is 6.61 Å². The standard InChI is InChI=1S/C24H25NO6/c1-15-9-10-19-18(13-31-23(19)16(15)2)12-22(27)30-14-21(26)25-20(24(28)29-3)11-17-7-5-4-6-8-17/h4-10,13,20H,11-12,14H2,1-3H3,(H,25,26)/t20-/m1/s1. The molecule has 3 aromatic rings. The molecule has 31 heavy (non-hydrogen) atoms. The van der Waals surface area contributed by atoms with Gasteiger partial charge in [-0.1, -0.05) is 42.5 Å². The Balaban J connectivity index is 1.56. The van der Waals surface area contributed by atoms with Crippen molar-refractivity contribution < 1.29 is 28.3 Å². The largest absolute Gasteiger partial charge is 0.467 e. The summed E-state index contributed by atoms with van der Waals surface area (Å²) in [5.41, 5.74) is 4.42. The van der Waals surface area contributed by atoms with Gasteiger partial charge in [0.2, 0.25) is 0 Å². The molecule has 0 aliphatic rings. The third-order valence-electron chi connectivity index (χ3n) is 5.14. The molecule has 0 spiro atoms. The summed E-state index contributed by atoms with van der Waals surface area (Å²) in [6.45, 7) is 3.46. The topological polar surface area (TPSA) is 94.8 Å². The second-order valence-electron chi connectivity index (χ2n) is 7.32. The Kier molecular flexibility index (Phi) is 7.07. The molecule has 0 bridgehead atoms. The fourth-order valence-electron chi connectivity index (χ4n) is 3.30. The van der Waals surface area contributed by atoms with Crippen molar-refractivity contribution in [1.29, 1.82) is 0 Å². The minimum absolute atomic E-state index is 0.0206. The van der Waals surface area contributed by atoms with E-state index in [0.29, 0.717) is 5.56 Å². The first-order valence-electron chi connectivity index (χ1n) is 9.92. The number of hydrogen-bond donors (Lipinski definition) is 1. The molecule has 2 aromatic carbocycles. The van der Waals surface area contributed by atoms with E-state index in [1.807, 2.05) is 56.3 Å². The molecule has 1 atom stereocenters. The zero-order valence-electron chi connectivity index (χ0n) is 17.8. The van der Waals surface area contributed by atoms with Crippen molar-refractivity contribution in [3.05, 3.63) is 71.0 Å². The second-order valence-corrected chi connectivity index (χ2v) is 7.32. The number of carbonyl (C=O) groups is 3. The van der Waals surface area contributed by atoms with Crippen LogP contribution in [0.3, 0.4) is 0 Å². The highest BCUT2D eigenvalue weighted by atomic mass is 16.5. The van der Waals surface area contributed by atoms with E-state index >= 15 is 0 Å². The lowest BCUT2D eigenvalue weighted by Crippen LogP contribution is -2.44. The van der Waals surface area contributed by atoms with Crippen molar-refractivity contribution in [2.24, 2.45) is 0 Å². The molecule has 1 heterocycles. The second kappa shape index (κ2) is 9.93. The van der Waals surface area contributed by atoms with Crippen molar-refractivity contribution in [2.75, 3.05) is 13.7 Å². The van der Waals surface area contributed by atoms with E-state index in [9.17, 15) is 14.4 Å². The molecule has 0 saturated carbocycles. The van der Waals surface area contributed by atoms with Gasteiger partial charge in [0.05, 0.1) is 19.8 Å². The Labute approximate surface area is 180 Å². The van der Waals surface area contributed by atoms with E-state index in [4.69, 9.17) is 13.9 Å². The predicted octanol–water partition coefficient (Wildman–Crippen LogP) is 3.04. The van der Waals surface area contributed by atoms with Crippen LogP contribution < -0.4 is 5.32 Å². The lowest BCUT2D eigenvalue weighted by molar-refractivity contribution is -0.149. The summed E-state index contributed by atoms with van der Waals surface area (Å²) in [4.78, 5) is 36.5. The zero-order valence-corrected chi connectivity index (χ0v) is 17.8. The van der Waals surface area contributed by atoms with Crippen LogP contribution >= 0.6 is 0 Å². The maximum absolute atomic E-state index is 12.3. The maximum atomic E-state index is 12.3. The number of hydrogen-bond acceptors (Lipinski definition) is 6. The normalized spacial score (nSPS) is 11.7. The van der Waals surface area contributed by atoms with Crippen LogP contribution in [0.1, 0.15) is 22.3 Å². The van der Waals surface area contributed by atoms with Crippen LogP contribution in [0.5, 0.6) is 0 Å². The average molecular weight is 423 g/mol. The monoisotopic (exact) mass is 423 g/mol. The molecule has 0 aliphatic heterocycles. The zero-order chi connectivity index (χ0) is 22.4. The van der Waals surface area contributed by atoms with Gasteiger partial charge in [0, 0.05) is 17.4 Å². The van der Waals surface area contributed by atoms with E-state index in [-0.39, 0.29) is 12.8 Å². The van der Waals surface area contributed by atoms with E-state index in [1.165, 1.54) is 13.4 Å². The van der Waals surface area contributed by atoms with Crippen molar-refractivity contribution in [2.45, 2.75) is 32.7 Å². The molecule has 1 N–H and O–H groups in total. The fraction of sp³-hybridized carbons (Fsp3) is 0.292. The highest BCUT2D eigenvalue weighted by molar-refractivity contribution is 5.89. The lowest BCUT2D eigenvalue weighted by atomic mass is 10.0. The van der Waals surface area contributed by atoms with Gasteiger partial charge in [-0.05, 0) is 30.5 Å². The summed E-state index contributed by atoms with van der Waals surface area (Å²) < 4.78 is 15.5. The van der Waals surface area contributed by atoms with Crippen LogP contribution in [0.15, 0.2) is 53.1 Å². The number of nitrogens with one attached hydrogen (secondary N) is 1. The van der Waals surface area contributed by atoms with Crippen molar-refractivity contribution in [1.82, 2.24) is 5.32 Å². The quantitative estimate of drug-likeness (QED) is 0.560. The van der Waals surface area contributed by atoms with Crippen LogP contribution in [0.2, 0.25) is 0 Å². The van der Waals surface area contributed by atoms with Crippen molar-refractivity contribution in [3.8, 4) is 0 Å². The van der Waals surface area contributed by atoms with Gasteiger partial charge in [-0.2, -0.15) is 0 Å². The van der Waals surface area contributed by atoms with E-state index in [0.717, 1.165) is 27.7 Å². The SMILES string of the molecule is COC(=O)[C@@H](Cc1ccccc1)NC(=O)COC(=O)Cc1coc2c(C)c(C)ccc12. The van der Waals surface area contributed by atoms with Gasteiger partial charge in [-0.3, -0.25) is 9.59 Å². The summed E-state index contributed by atoms with van der Waals surface area (Å²) in [7, 11) is 1.25. The third kappa shape index (κ3) is 5.51. The van der Waals surface area contributed by atoms with E-state index < -0.39 is 30.5 Å². The lowest BCUT2D eigenvalue weighted by Gasteiger charge is -2.16. The maximum Gasteiger partial charge on any atom is 0.328 e. The summed E-state index contributed by atoms with van der Waals surface area (Å²) in [5, 5.41) is 3.41.